The number of ketones is 1. The van der Waals surface area contributed by atoms with Crippen molar-refractivity contribution in [1.82, 2.24) is 0 Å². The minimum Gasteiger partial charge on any atom is -0.507 e. The molecule has 1 N–H and O–H groups in total. The number of Topliss-reactive ketones (excluding diaryl/α,β-unsaturated/α-hetero) is 1. The monoisotopic (exact) mass is 528 g/mol. The summed E-state index contributed by atoms with van der Waals surface area (Å²) >= 11 is 0. The molecule has 3 aromatic rings. The first kappa shape index (κ1) is 26.2. The second kappa shape index (κ2) is 9.88. The lowest BCUT2D eigenvalue weighted by atomic mass is 9.94. The lowest BCUT2D eigenvalue weighted by Gasteiger charge is -2.27. The number of carbonyl (C=O) groups is 2. The number of carbonyl (C=O) groups excluding carboxylic acids is 2. The Morgan fingerprint density at radius 1 is 1.00 bits per heavy atom. The van der Waals surface area contributed by atoms with Crippen LogP contribution < -0.4 is 14.4 Å². The Bertz CT molecular complexity index is 1470. The van der Waals surface area contributed by atoms with Gasteiger partial charge < -0.3 is 14.6 Å². The van der Waals surface area contributed by atoms with E-state index in [2.05, 4.69) is 0 Å². The summed E-state index contributed by atoms with van der Waals surface area (Å²) in [6.07, 6.45) is -4.73. The van der Waals surface area contributed by atoms with Gasteiger partial charge >= 0.3 is 6.18 Å². The van der Waals surface area contributed by atoms with E-state index in [1.807, 2.05) is 0 Å². The summed E-state index contributed by atoms with van der Waals surface area (Å²) in [7, 11) is 2.71. The number of anilines is 1. The number of amides is 1. The minimum atomic E-state index is -4.73. The summed E-state index contributed by atoms with van der Waals surface area (Å²) in [5.74, 6) is -2.53. The normalized spacial score (nSPS) is 17.0. The van der Waals surface area contributed by atoms with Gasteiger partial charge in [0.05, 0.1) is 36.3 Å². The molecule has 9 nitrogen and oxygen atoms in total. The van der Waals surface area contributed by atoms with Gasteiger partial charge in [-0.3, -0.25) is 24.6 Å². The molecule has 0 aliphatic carbocycles. The first-order valence-electron chi connectivity index (χ1n) is 10.9. The van der Waals surface area contributed by atoms with Crippen molar-refractivity contribution in [2.75, 3.05) is 19.1 Å². The Labute approximate surface area is 213 Å². The first-order chi connectivity index (χ1) is 18.0. The topological polar surface area (TPSA) is 119 Å². The largest absolute Gasteiger partial charge is 0.507 e. The number of aliphatic hydroxyl groups is 1. The number of methoxy groups -OCH3 is 2. The number of non-ortho nitro benzene ring substituents is 1. The molecule has 0 radical (unpaired) electrons. The van der Waals surface area contributed by atoms with Crippen molar-refractivity contribution in [3.05, 3.63) is 99.1 Å². The highest BCUT2D eigenvalue weighted by Crippen LogP contribution is 2.46. The molecule has 1 fully saturated rings. The van der Waals surface area contributed by atoms with Crippen LogP contribution >= 0.6 is 0 Å². The lowest BCUT2D eigenvalue weighted by Crippen LogP contribution is -2.30. The van der Waals surface area contributed by atoms with Gasteiger partial charge in [-0.25, -0.2) is 0 Å². The number of alkyl halides is 3. The molecule has 1 aliphatic rings. The summed E-state index contributed by atoms with van der Waals surface area (Å²) in [6, 6.07) is 11.4. The van der Waals surface area contributed by atoms with Crippen LogP contribution in [0.1, 0.15) is 22.7 Å². The molecule has 0 bridgehead atoms. The van der Waals surface area contributed by atoms with Crippen LogP contribution in [-0.4, -0.2) is 35.9 Å². The molecule has 1 aliphatic heterocycles. The van der Waals surface area contributed by atoms with Crippen molar-refractivity contribution < 1.29 is 42.3 Å². The highest BCUT2D eigenvalue weighted by molar-refractivity contribution is 6.51. The average molecular weight is 528 g/mol. The molecule has 38 heavy (non-hydrogen) atoms. The Hall–Kier alpha value is -4.87. The Balaban J connectivity index is 1.98. The predicted molar refractivity (Wildman–Crippen MR) is 129 cm³/mol. The van der Waals surface area contributed by atoms with E-state index in [0.29, 0.717) is 5.75 Å². The Kier molecular flexibility index (Phi) is 6.81. The molecule has 196 valence electrons. The molecule has 1 amide bonds. The van der Waals surface area contributed by atoms with Crippen molar-refractivity contribution in [2.45, 2.75) is 12.2 Å². The Morgan fingerprint density at radius 2 is 1.68 bits per heavy atom. The van der Waals surface area contributed by atoms with Crippen molar-refractivity contribution in [2.24, 2.45) is 0 Å². The van der Waals surface area contributed by atoms with Gasteiger partial charge in [0.1, 0.15) is 17.3 Å². The highest BCUT2D eigenvalue weighted by Gasteiger charge is 2.48. The van der Waals surface area contributed by atoms with Crippen molar-refractivity contribution in [3.63, 3.8) is 0 Å². The van der Waals surface area contributed by atoms with Gasteiger partial charge in [0.15, 0.2) is 0 Å². The molecule has 12 heteroatoms. The maximum Gasteiger partial charge on any atom is 0.416 e. The third-order valence-corrected chi connectivity index (χ3v) is 5.98. The molecule has 1 saturated heterocycles. The third-order valence-electron chi connectivity index (χ3n) is 5.98. The van der Waals surface area contributed by atoms with Crippen LogP contribution in [0.2, 0.25) is 0 Å². The van der Waals surface area contributed by atoms with E-state index < -0.39 is 45.7 Å². The highest BCUT2D eigenvalue weighted by atomic mass is 19.4. The molecule has 4 rings (SSSR count). The third kappa shape index (κ3) is 4.63. The number of hydrogen-bond acceptors (Lipinski definition) is 7. The van der Waals surface area contributed by atoms with Gasteiger partial charge in [-0.1, -0.05) is 6.07 Å². The first-order valence-corrected chi connectivity index (χ1v) is 10.9. The van der Waals surface area contributed by atoms with Gasteiger partial charge in [0.25, 0.3) is 17.4 Å². The van der Waals surface area contributed by atoms with Gasteiger partial charge in [-0.2, -0.15) is 13.2 Å². The quantitative estimate of drug-likeness (QED) is 0.152. The standard InChI is InChI=1S/C26H19F3N2O7/c1-37-18-10-11-19(20(13-18)38-2)22-21(23(32)14-6-8-16(9-7-14)31(35)36)24(33)25(34)30(22)17-5-3-4-15(12-17)26(27,28)29/h3-13,22,32H,1-2H3/b23-21+/t22-/m0/s1. The molecule has 3 aromatic carbocycles. The second-order valence-electron chi connectivity index (χ2n) is 8.13. The molecular formula is C26H19F3N2O7. The predicted octanol–water partition coefficient (Wildman–Crippen LogP) is 5.26. The van der Waals surface area contributed by atoms with Gasteiger partial charge in [-0.15, -0.1) is 0 Å². The van der Waals surface area contributed by atoms with E-state index in [1.54, 1.807) is 0 Å². The number of nitro benzene ring substituents is 1. The molecular weight excluding hydrogens is 509 g/mol. The molecule has 0 spiro atoms. The van der Waals surface area contributed by atoms with Crippen molar-refractivity contribution >= 4 is 28.8 Å². The number of nitrogens with zero attached hydrogens (tertiary/aromatic N) is 2. The summed E-state index contributed by atoms with van der Waals surface area (Å²) in [4.78, 5) is 37.7. The van der Waals surface area contributed by atoms with Crippen LogP contribution in [-0.2, 0) is 15.8 Å². The number of ether oxygens (including phenoxy) is 2. The molecule has 1 heterocycles. The van der Waals surface area contributed by atoms with E-state index in [4.69, 9.17) is 9.47 Å². The number of hydrogen-bond donors (Lipinski definition) is 1. The van der Waals surface area contributed by atoms with Crippen LogP contribution in [0.25, 0.3) is 5.76 Å². The number of nitro groups is 1. The fraction of sp³-hybridized carbons (Fsp3) is 0.154. The zero-order valence-corrected chi connectivity index (χ0v) is 19.9. The zero-order valence-electron chi connectivity index (χ0n) is 19.9. The van der Waals surface area contributed by atoms with E-state index in [1.165, 1.54) is 50.6 Å². The van der Waals surface area contributed by atoms with E-state index in [0.717, 1.165) is 35.2 Å². The van der Waals surface area contributed by atoms with Crippen LogP contribution in [0.5, 0.6) is 11.5 Å². The number of rotatable bonds is 6. The second-order valence-corrected chi connectivity index (χ2v) is 8.13. The fourth-order valence-corrected chi connectivity index (χ4v) is 4.17. The molecule has 0 aromatic heterocycles. The number of benzene rings is 3. The van der Waals surface area contributed by atoms with Gasteiger partial charge in [-0.05, 0) is 42.5 Å². The Morgan fingerprint density at radius 3 is 2.26 bits per heavy atom. The van der Waals surface area contributed by atoms with E-state index >= 15 is 0 Å². The summed E-state index contributed by atoms with van der Waals surface area (Å²) in [5, 5.41) is 22.2. The summed E-state index contributed by atoms with van der Waals surface area (Å²) in [5.41, 5.74) is -1.85. The molecule has 0 unspecified atom stereocenters. The summed E-state index contributed by atoms with van der Waals surface area (Å²) < 4.78 is 51.0. The minimum absolute atomic E-state index is 0.0184. The smallest absolute Gasteiger partial charge is 0.416 e. The van der Waals surface area contributed by atoms with Crippen LogP contribution in [0.3, 0.4) is 0 Å². The average Bonchev–Trinajstić information content (AvgIpc) is 3.17. The van der Waals surface area contributed by atoms with E-state index in [-0.39, 0.29) is 28.3 Å². The van der Waals surface area contributed by atoms with Crippen molar-refractivity contribution in [1.29, 1.82) is 0 Å². The fourth-order valence-electron chi connectivity index (χ4n) is 4.17. The van der Waals surface area contributed by atoms with Crippen molar-refractivity contribution in [3.8, 4) is 11.5 Å². The van der Waals surface area contributed by atoms with Crippen LogP contribution in [0.15, 0.2) is 72.3 Å². The van der Waals surface area contributed by atoms with Gasteiger partial charge in [0.2, 0.25) is 0 Å². The van der Waals surface area contributed by atoms with Gasteiger partial charge in [0, 0.05) is 35.0 Å². The maximum absolute atomic E-state index is 13.5. The van der Waals surface area contributed by atoms with E-state index in [9.17, 15) is 38.0 Å². The summed E-state index contributed by atoms with van der Waals surface area (Å²) in [6.45, 7) is 0. The number of halogens is 3. The SMILES string of the molecule is COc1ccc([C@H]2/C(=C(\O)c3ccc([N+](=O)[O-])cc3)C(=O)C(=O)N2c2cccc(C(F)(F)F)c2)c(OC)c1. The zero-order chi connectivity index (χ0) is 27.8. The lowest BCUT2D eigenvalue weighted by molar-refractivity contribution is -0.384. The molecule has 0 saturated carbocycles. The van der Waals surface area contributed by atoms with Crippen LogP contribution in [0, 0.1) is 10.1 Å². The maximum atomic E-state index is 13.5. The van der Waals surface area contributed by atoms with Crippen LogP contribution in [0.4, 0.5) is 24.5 Å². The number of aliphatic hydroxyl groups excluding tert-OH is 1. The molecule has 1 atom stereocenters.